The van der Waals surface area contributed by atoms with E-state index in [-0.39, 0.29) is 30.4 Å². The molecule has 1 N–H and O–H groups in total. The van der Waals surface area contributed by atoms with Crippen LogP contribution in [0.25, 0.3) is 0 Å². The van der Waals surface area contributed by atoms with Crippen molar-refractivity contribution in [1.82, 2.24) is 14.8 Å². The van der Waals surface area contributed by atoms with Crippen molar-refractivity contribution in [1.29, 1.82) is 0 Å². The van der Waals surface area contributed by atoms with E-state index in [9.17, 15) is 23.1 Å². The lowest BCUT2D eigenvalue weighted by molar-refractivity contribution is -0.336. The average Bonchev–Trinajstić information content (AvgIpc) is 3.50. The van der Waals surface area contributed by atoms with E-state index >= 15 is 0 Å². The molecule has 194 valence electrons. The van der Waals surface area contributed by atoms with Gasteiger partial charge in [-0.3, -0.25) is 19.4 Å². The Morgan fingerprint density at radius 1 is 1.20 bits per heavy atom. The average molecular weight is 497 g/mol. The molecule has 0 aromatic heterocycles. The standard InChI is InChI=1S/C25H35F3N4O3/c1-15-12-20(33)14-31(15)18-8-10-30(11-9-18)24(34)22-16(2)29-32(23(22)17-6-7-17)19-4-3-5-21(13-19)35-25(26,27)28/h3-5,15,17-18,20-23,33H,6-14H2,1-2H3/t15-,20+,21?,22?,23?/m1/s1. The van der Waals surface area contributed by atoms with Gasteiger partial charge in [0.25, 0.3) is 0 Å². The maximum absolute atomic E-state index is 13.7. The number of carbonyl (C=O) groups excluding carboxylic acids is 1. The highest BCUT2D eigenvalue weighted by molar-refractivity contribution is 6.05. The molecule has 3 heterocycles. The SMILES string of the molecule is CC1=NN(C2=CC=CC(OC(F)(F)F)C2)C(C2CC2)C1C(=O)N1CCC(N2C[C@@H](O)C[C@H]2C)CC1. The van der Waals surface area contributed by atoms with Crippen molar-refractivity contribution in [3.05, 3.63) is 23.9 Å². The minimum Gasteiger partial charge on any atom is -0.392 e. The van der Waals surface area contributed by atoms with E-state index in [1.807, 2.05) is 16.8 Å². The number of nitrogens with zero attached hydrogens (tertiary/aromatic N) is 4. The summed E-state index contributed by atoms with van der Waals surface area (Å²) in [6.07, 6.45) is 3.35. The second kappa shape index (κ2) is 9.52. The van der Waals surface area contributed by atoms with Crippen LogP contribution in [0.1, 0.15) is 52.4 Å². The zero-order valence-electron chi connectivity index (χ0n) is 20.3. The third-order valence-corrected chi connectivity index (χ3v) is 8.16. The summed E-state index contributed by atoms with van der Waals surface area (Å²) < 4.78 is 42.6. The quantitative estimate of drug-likeness (QED) is 0.633. The van der Waals surface area contributed by atoms with Crippen LogP contribution in [0.5, 0.6) is 0 Å². The molecular weight excluding hydrogens is 461 g/mol. The number of carbonyl (C=O) groups is 1. The van der Waals surface area contributed by atoms with Gasteiger partial charge in [0.15, 0.2) is 0 Å². The van der Waals surface area contributed by atoms with Gasteiger partial charge in [0.2, 0.25) is 5.91 Å². The maximum atomic E-state index is 13.7. The molecule has 0 spiro atoms. The fraction of sp³-hybridized carbons (Fsp3) is 0.760. The molecule has 3 unspecified atom stereocenters. The molecule has 0 radical (unpaired) electrons. The van der Waals surface area contributed by atoms with Gasteiger partial charge >= 0.3 is 6.36 Å². The van der Waals surface area contributed by atoms with E-state index in [0.717, 1.165) is 37.8 Å². The number of β-amino-alcohol motifs (C(OH)–C–C–N with tert-alkyl or cyclic N) is 1. The molecule has 7 nitrogen and oxygen atoms in total. The Morgan fingerprint density at radius 2 is 1.91 bits per heavy atom. The van der Waals surface area contributed by atoms with Crippen LogP contribution in [0.2, 0.25) is 0 Å². The van der Waals surface area contributed by atoms with Crippen molar-refractivity contribution in [2.24, 2.45) is 16.9 Å². The number of hydrazone groups is 1. The molecule has 1 amide bonds. The molecule has 10 heteroatoms. The van der Waals surface area contributed by atoms with Gasteiger partial charge in [0, 0.05) is 49.5 Å². The number of halogens is 3. The van der Waals surface area contributed by atoms with Crippen molar-refractivity contribution in [3.63, 3.8) is 0 Å². The summed E-state index contributed by atoms with van der Waals surface area (Å²) in [4.78, 5) is 18.1. The normalized spacial score (nSPS) is 35.0. The first-order valence-corrected chi connectivity index (χ1v) is 12.8. The fourth-order valence-corrected chi connectivity index (χ4v) is 6.38. The van der Waals surface area contributed by atoms with Gasteiger partial charge in [-0.2, -0.15) is 5.10 Å². The number of alkyl halides is 3. The molecule has 2 aliphatic carbocycles. The predicted octanol–water partition coefficient (Wildman–Crippen LogP) is 3.27. The minimum absolute atomic E-state index is 0.0716. The number of allylic oxidation sites excluding steroid dienone is 2. The number of rotatable bonds is 5. The molecule has 0 aromatic rings. The van der Waals surface area contributed by atoms with Crippen molar-refractivity contribution in [2.75, 3.05) is 19.6 Å². The third kappa shape index (κ3) is 5.29. The summed E-state index contributed by atoms with van der Waals surface area (Å²) in [6, 6.07) is 0.584. The molecule has 2 saturated heterocycles. The van der Waals surface area contributed by atoms with Crippen LogP contribution in [0, 0.1) is 11.8 Å². The number of likely N-dealkylation sites (tertiary alicyclic amines) is 2. The Hall–Kier alpha value is -1.91. The van der Waals surface area contributed by atoms with E-state index in [1.165, 1.54) is 6.08 Å². The molecule has 35 heavy (non-hydrogen) atoms. The topological polar surface area (TPSA) is 68.6 Å². The van der Waals surface area contributed by atoms with Gasteiger partial charge in [0.05, 0.1) is 18.2 Å². The summed E-state index contributed by atoms with van der Waals surface area (Å²) in [5.74, 6) is 0.0115. The highest BCUT2D eigenvalue weighted by atomic mass is 19.4. The van der Waals surface area contributed by atoms with E-state index in [4.69, 9.17) is 5.10 Å². The lowest BCUT2D eigenvalue weighted by Crippen LogP contribution is -2.52. The number of hydrogen-bond acceptors (Lipinski definition) is 6. The Kier molecular flexibility index (Phi) is 6.74. The number of amides is 1. The second-order valence-corrected chi connectivity index (χ2v) is 10.7. The Balaban J connectivity index is 1.25. The van der Waals surface area contributed by atoms with Gasteiger partial charge in [-0.05, 0) is 57.9 Å². The molecule has 1 saturated carbocycles. The number of piperidine rings is 1. The van der Waals surface area contributed by atoms with Crippen molar-refractivity contribution in [2.45, 2.75) is 89.1 Å². The monoisotopic (exact) mass is 496 g/mol. The second-order valence-electron chi connectivity index (χ2n) is 10.7. The first-order valence-electron chi connectivity index (χ1n) is 12.8. The molecule has 5 atom stereocenters. The van der Waals surface area contributed by atoms with Crippen LogP contribution in [0.15, 0.2) is 29.0 Å². The van der Waals surface area contributed by atoms with Crippen molar-refractivity contribution < 1.29 is 27.8 Å². The highest BCUT2D eigenvalue weighted by Gasteiger charge is 2.51. The van der Waals surface area contributed by atoms with E-state index in [1.54, 1.807) is 12.2 Å². The van der Waals surface area contributed by atoms with E-state index in [2.05, 4.69) is 16.6 Å². The predicted molar refractivity (Wildman–Crippen MR) is 124 cm³/mol. The third-order valence-electron chi connectivity index (χ3n) is 8.16. The smallest absolute Gasteiger partial charge is 0.392 e. The van der Waals surface area contributed by atoms with Crippen LogP contribution >= 0.6 is 0 Å². The van der Waals surface area contributed by atoms with Gasteiger partial charge in [0.1, 0.15) is 5.92 Å². The number of aliphatic hydroxyl groups excluding tert-OH is 1. The van der Waals surface area contributed by atoms with Crippen LogP contribution in [0.3, 0.4) is 0 Å². The maximum Gasteiger partial charge on any atom is 0.523 e. The first-order chi connectivity index (χ1) is 16.6. The van der Waals surface area contributed by atoms with Gasteiger partial charge < -0.3 is 10.0 Å². The first kappa shape index (κ1) is 24.8. The lowest BCUT2D eigenvalue weighted by Gasteiger charge is -2.40. The zero-order valence-corrected chi connectivity index (χ0v) is 20.3. The van der Waals surface area contributed by atoms with E-state index < -0.39 is 12.5 Å². The number of ether oxygens (including phenoxy) is 1. The number of hydrogen-bond donors (Lipinski definition) is 1. The minimum atomic E-state index is -4.70. The largest absolute Gasteiger partial charge is 0.523 e. The summed E-state index contributed by atoms with van der Waals surface area (Å²) in [7, 11) is 0. The highest BCUT2D eigenvalue weighted by Crippen LogP contribution is 2.45. The van der Waals surface area contributed by atoms with E-state index in [0.29, 0.717) is 43.3 Å². The fourth-order valence-electron chi connectivity index (χ4n) is 6.38. The van der Waals surface area contributed by atoms with Gasteiger partial charge in [-0.1, -0.05) is 12.2 Å². The Bertz CT molecular complexity index is 908. The van der Waals surface area contributed by atoms with Crippen molar-refractivity contribution >= 4 is 11.6 Å². The lowest BCUT2D eigenvalue weighted by atomic mass is 9.89. The summed E-state index contributed by atoms with van der Waals surface area (Å²) in [5, 5.41) is 16.5. The molecule has 0 bridgehead atoms. The molecule has 0 aromatic carbocycles. The summed E-state index contributed by atoms with van der Waals surface area (Å²) in [6.45, 7) is 6.07. The van der Waals surface area contributed by atoms with Crippen LogP contribution in [-0.4, -0.2) is 87.9 Å². The molecule has 5 rings (SSSR count). The summed E-state index contributed by atoms with van der Waals surface area (Å²) in [5.41, 5.74) is 1.39. The molecule has 3 aliphatic heterocycles. The summed E-state index contributed by atoms with van der Waals surface area (Å²) >= 11 is 0. The Morgan fingerprint density at radius 3 is 2.51 bits per heavy atom. The van der Waals surface area contributed by atoms with Gasteiger partial charge in [-0.15, -0.1) is 13.2 Å². The van der Waals surface area contributed by atoms with Crippen LogP contribution in [0.4, 0.5) is 13.2 Å². The van der Waals surface area contributed by atoms with Crippen LogP contribution < -0.4 is 0 Å². The van der Waals surface area contributed by atoms with Crippen LogP contribution in [-0.2, 0) is 9.53 Å². The zero-order chi connectivity index (χ0) is 24.9. The molecular formula is C25H35F3N4O3. The Labute approximate surface area is 204 Å². The molecule has 5 aliphatic rings. The van der Waals surface area contributed by atoms with Crippen molar-refractivity contribution in [3.8, 4) is 0 Å². The number of aliphatic hydroxyl groups is 1. The molecule has 3 fully saturated rings. The van der Waals surface area contributed by atoms with Gasteiger partial charge in [-0.25, -0.2) is 0 Å².